The van der Waals surface area contributed by atoms with E-state index < -0.39 is 5.79 Å². The Hall–Kier alpha value is -1.98. The minimum absolute atomic E-state index is 0.154. The highest BCUT2D eigenvalue weighted by Crippen LogP contribution is 2.59. The lowest BCUT2D eigenvalue weighted by Crippen LogP contribution is -2.53. The normalized spacial score (nSPS) is 36.1. The van der Waals surface area contributed by atoms with Gasteiger partial charge in [0.15, 0.2) is 5.79 Å². The highest BCUT2D eigenvalue weighted by molar-refractivity contribution is 5.62. The molecule has 1 spiro atoms. The largest absolute Gasteiger partial charge is 0.343 e. The maximum absolute atomic E-state index is 13.3. The molecule has 1 aromatic heterocycles. The minimum Gasteiger partial charge on any atom is -0.343 e. The highest BCUT2D eigenvalue weighted by atomic mass is 19.1. The van der Waals surface area contributed by atoms with Crippen molar-refractivity contribution < 1.29 is 13.9 Å². The summed E-state index contributed by atoms with van der Waals surface area (Å²) >= 11 is 0. The van der Waals surface area contributed by atoms with Gasteiger partial charge in [0.1, 0.15) is 5.82 Å². The fourth-order valence-electron chi connectivity index (χ4n) is 5.86. The molecule has 146 valence electrons. The number of hydrogen-bond acceptors (Lipinski definition) is 3. The van der Waals surface area contributed by atoms with Crippen LogP contribution in [0.1, 0.15) is 56.7 Å². The summed E-state index contributed by atoms with van der Waals surface area (Å²) in [4.78, 5) is 0. The summed E-state index contributed by atoms with van der Waals surface area (Å²) in [5.74, 6) is -0.728. The van der Waals surface area contributed by atoms with Crippen LogP contribution in [0.2, 0.25) is 0 Å². The van der Waals surface area contributed by atoms with Crippen LogP contribution in [0.4, 0.5) is 4.39 Å². The van der Waals surface area contributed by atoms with E-state index in [1.807, 2.05) is 10.9 Å². The van der Waals surface area contributed by atoms with E-state index in [0.29, 0.717) is 0 Å². The number of ether oxygens (including phenoxy) is 2. The zero-order chi connectivity index (χ0) is 18.9. The number of nitrogens with zero attached hydrogens (tertiary/aromatic N) is 2. The van der Waals surface area contributed by atoms with Crippen LogP contribution in [0.25, 0.3) is 11.8 Å². The number of benzene rings is 1. The van der Waals surface area contributed by atoms with Gasteiger partial charge in [-0.05, 0) is 74.4 Å². The lowest BCUT2D eigenvalue weighted by Gasteiger charge is -2.51. The van der Waals surface area contributed by atoms with Gasteiger partial charge in [-0.25, -0.2) is 9.07 Å². The quantitative estimate of drug-likeness (QED) is 0.713. The van der Waals surface area contributed by atoms with Crippen molar-refractivity contribution in [3.63, 3.8) is 0 Å². The second kappa shape index (κ2) is 5.77. The smallest absolute Gasteiger partial charge is 0.178 e. The van der Waals surface area contributed by atoms with E-state index in [0.717, 1.165) is 49.9 Å². The molecule has 3 fully saturated rings. The molecule has 2 aromatic rings. The maximum Gasteiger partial charge on any atom is 0.178 e. The Bertz CT molecular complexity index is 951. The summed E-state index contributed by atoms with van der Waals surface area (Å²) in [6.45, 7) is 2.32. The van der Waals surface area contributed by atoms with E-state index >= 15 is 0 Å². The van der Waals surface area contributed by atoms with Crippen molar-refractivity contribution >= 4 is 6.08 Å². The lowest BCUT2D eigenvalue weighted by molar-refractivity contribution is -0.251. The molecule has 28 heavy (non-hydrogen) atoms. The number of halogens is 1. The van der Waals surface area contributed by atoms with Crippen molar-refractivity contribution in [2.24, 2.45) is 5.41 Å². The molecule has 1 unspecified atom stereocenters. The van der Waals surface area contributed by atoms with Gasteiger partial charge in [-0.1, -0.05) is 12.5 Å². The van der Waals surface area contributed by atoms with Crippen LogP contribution in [-0.4, -0.2) is 27.8 Å². The molecule has 1 aliphatic heterocycles. The summed E-state index contributed by atoms with van der Waals surface area (Å²) in [6.07, 6.45) is 12.2. The second-order valence-electron chi connectivity index (χ2n) is 8.97. The zero-order valence-electron chi connectivity index (χ0n) is 16.2. The Morgan fingerprint density at radius 2 is 1.86 bits per heavy atom. The fourth-order valence-corrected chi connectivity index (χ4v) is 5.86. The minimum atomic E-state index is -0.498. The van der Waals surface area contributed by atoms with Crippen LogP contribution in [0, 0.1) is 11.2 Å². The van der Waals surface area contributed by atoms with E-state index in [1.165, 1.54) is 29.7 Å². The Morgan fingerprint density at radius 1 is 1.11 bits per heavy atom. The molecule has 0 N–H and O–H groups in total. The van der Waals surface area contributed by atoms with Crippen molar-refractivity contribution in [3.8, 4) is 5.69 Å². The van der Waals surface area contributed by atoms with Crippen LogP contribution >= 0.6 is 0 Å². The Labute approximate surface area is 164 Å². The average Bonchev–Trinajstić information content (AvgIpc) is 3.36. The van der Waals surface area contributed by atoms with Gasteiger partial charge in [-0.2, -0.15) is 5.10 Å². The summed E-state index contributed by atoms with van der Waals surface area (Å²) in [5, 5.41) is 4.63. The van der Waals surface area contributed by atoms with Gasteiger partial charge in [0.05, 0.1) is 29.8 Å². The Morgan fingerprint density at radius 3 is 2.61 bits per heavy atom. The molecule has 0 radical (unpaired) electrons. The fraction of sp³-hybridized carbons (Fsp3) is 0.522. The van der Waals surface area contributed by atoms with Gasteiger partial charge in [0.25, 0.3) is 0 Å². The van der Waals surface area contributed by atoms with Crippen molar-refractivity contribution in [2.75, 3.05) is 0 Å². The van der Waals surface area contributed by atoms with Crippen molar-refractivity contribution in [3.05, 3.63) is 53.1 Å². The van der Waals surface area contributed by atoms with Gasteiger partial charge in [-0.15, -0.1) is 0 Å². The number of rotatable bonds is 1. The van der Waals surface area contributed by atoms with Crippen molar-refractivity contribution in [2.45, 2.75) is 69.9 Å². The van der Waals surface area contributed by atoms with Crippen molar-refractivity contribution in [1.29, 1.82) is 0 Å². The van der Waals surface area contributed by atoms with Crippen LogP contribution in [0.3, 0.4) is 0 Å². The molecule has 4 atom stereocenters. The molecule has 0 bridgehead atoms. The molecular weight excluding hydrogens is 355 g/mol. The van der Waals surface area contributed by atoms with Gasteiger partial charge in [-0.3, -0.25) is 0 Å². The topological polar surface area (TPSA) is 36.3 Å². The lowest BCUT2D eigenvalue weighted by atomic mass is 9.62. The molecule has 1 saturated heterocycles. The molecule has 4 nitrogen and oxygen atoms in total. The van der Waals surface area contributed by atoms with E-state index in [9.17, 15) is 4.39 Å². The van der Waals surface area contributed by atoms with Gasteiger partial charge in [0, 0.05) is 11.8 Å². The summed E-state index contributed by atoms with van der Waals surface area (Å²) in [6, 6.07) is 6.53. The predicted molar refractivity (Wildman–Crippen MR) is 103 cm³/mol. The molecule has 6 rings (SSSR count). The van der Waals surface area contributed by atoms with Crippen LogP contribution < -0.4 is 0 Å². The third-order valence-corrected chi connectivity index (χ3v) is 7.39. The average molecular weight is 380 g/mol. The molecule has 5 heteroatoms. The molecule has 4 aliphatic rings. The Balaban J connectivity index is 1.41. The highest BCUT2D eigenvalue weighted by Gasteiger charge is 2.62. The van der Waals surface area contributed by atoms with Crippen LogP contribution in [0.5, 0.6) is 0 Å². The monoisotopic (exact) mass is 380 g/mol. The second-order valence-corrected chi connectivity index (χ2v) is 8.97. The van der Waals surface area contributed by atoms with E-state index in [-0.39, 0.29) is 23.4 Å². The first kappa shape index (κ1) is 16.9. The van der Waals surface area contributed by atoms with Gasteiger partial charge >= 0.3 is 0 Å². The summed E-state index contributed by atoms with van der Waals surface area (Å²) in [7, 11) is 0. The molecule has 2 heterocycles. The van der Waals surface area contributed by atoms with Gasteiger partial charge in [0.2, 0.25) is 0 Å². The van der Waals surface area contributed by atoms with Gasteiger partial charge < -0.3 is 9.47 Å². The first-order chi connectivity index (χ1) is 13.6. The maximum atomic E-state index is 13.3. The third kappa shape index (κ3) is 2.20. The van der Waals surface area contributed by atoms with Crippen molar-refractivity contribution in [1.82, 2.24) is 9.78 Å². The number of aromatic nitrogens is 2. The van der Waals surface area contributed by atoms with E-state index in [2.05, 4.69) is 18.1 Å². The summed E-state index contributed by atoms with van der Waals surface area (Å²) in [5.41, 5.74) is 4.45. The first-order valence-corrected chi connectivity index (χ1v) is 10.5. The molecular formula is C23H25FN2O2. The van der Waals surface area contributed by atoms with E-state index in [4.69, 9.17) is 9.47 Å². The molecule has 0 amide bonds. The summed E-state index contributed by atoms with van der Waals surface area (Å²) < 4.78 is 28.6. The third-order valence-electron chi connectivity index (χ3n) is 7.39. The first-order valence-electron chi connectivity index (χ1n) is 10.5. The molecule has 3 aliphatic carbocycles. The van der Waals surface area contributed by atoms with E-state index in [1.54, 1.807) is 12.1 Å². The molecule has 1 aromatic carbocycles. The standard InChI is InChI=1S/C23H25FN2O2/c1-22-13-15-14-25-26(18-9-7-17(24)8-10-18)19(15)12-16(22)4-3-11-23(22)27-20-5-2-6-21(20)28-23/h7-10,12,14,20-21H,2-6,11,13H2,1H3/t20-,21+,22-,23?/m0/s1. The number of hydrogen-bond donors (Lipinski definition) is 0. The SMILES string of the molecule is C[C@]12Cc3cnn(-c4ccc(F)cc4)c3C=C1CCCC21O[C@H]2CCC[C@H]2O1. The zero-order valence-corrected chi connectivity index (χ0v) is 16.2. The number of fused-ring (bicyclic) bond motifs is 4. The van der Waals surface area contributed by atoms with Crippen LogP contribution in [-0.2, 0) is 15.9 Å². The predicted octanol–water partition coefficient (Wildman–Crippen LogP) is 4.81. The molecule has 2 saturated carbocycles. The Kier molecular flexibility index (Phi) is 3.49. The van der Waals surface area contributed by atoms with Crippen LogP contribution in [0.15, 0.2) is 36.0 Å².